The molecule has 0 aliphatic heterocycles. The van der Waals surface area contributed by atoms with Crippen molar-refractivity contribution in [3.8, 4) is 0 Å². The predicted octanol–water partition coefficient (Wildman–Crippen LogP) is 1.28. The van der Waals surface area contributed by atoms with Gasteiger partial charge in [0.05, 0.1) is 24.0 Å². The zero-order chi connectivity index (χ0) is 11.3. The van der Waals surface area contributed by atoms with E-state index in [1.54, 1.807) is 7.11 Å². The fourth-order valence-electron chi connectivity index (χ4n) is 1.70. The monoisotopic (exact) mass is 211 g/mol. The van der Waals surface area contributed by atoms with Gasteiger partial charge in [-0.2, -0.15) is 5.10 Å². The smallest absolute Gasteiger partial charge is 0.0729 e. The maximum atomic E-state index is 5.21. The Morgan fingerprint density at radius 1 is 1.53 bits per heavy atom. The molecule has 4 nitrogen and oxygen atoms in total. The third kappa shape index (κ3) is 3.04. The molecule has 1 heterocycles. The highest BCUT2D eigenvalue weighted by atomic mass is 16.5. The lowest BCUT2D eigenvalue weighted by Crippen LogP contribution is -2.26. The molecule has 1 aromatic heterocycles. The molecule has 0 spiro atoms. The van der Waals surface area contributed by atoms with Gasteiger partial charge in [0.15, 0.2) is 0 Å². The van der Waals surface area contributed by atoms with Crippen molar-refractivity contribution in [2.45, 2.75) is 26.3 Å². The second-order valence-electron chi connectivity index (χ2n) is 3.60. The van der Waals surface area contributed by atoms with Crippen LogP contribution in [0.3, 0.4) is 0 Å². The molecule has 1 rings (SSSR count). The summed E-state index contributed by atoms with van der Waals surface area (Å²) in [4.78, 5) is 0. The van der Waals surface area contributed by atoms with E-state index in [9.17, 15) is 0 Å². The van der Waals surface area contributed by atoms with Crippen LogP contribution in [0.25, 0.3) is 0 Å². The second kappa shape index (κ2) is 5.88. The van der Waals surface area contributed by atoms with Crippen LogP contribution >= 0.6 is 0 Å². The van der Waals surface area contributed by atoms with E-state index in [-0.39, 0.29) is 6.04 Å². The van der Waals surface area contributed by atoms with E-state index >= 15 is 0 Å². The summed E-state index contributed by atoms with van der Waals surface area (Å²) in [5.74, 6) is 0. The summed E-state index contributed by atoms with van der Waals surface area (Å²) < 4.78 is 7.14. The average Bonchev–Trinajstić information content (AvgIpc) is 2.59. The Morgan fingerprint density at radius 3 is 2.73 bits per heavy atom. The Morgan fingerprint density at radius 2 is 2.27 bits per heavy atom. The number of nitrogens with one attached hydrogen (secondary N) is 1. The number of methoxy groups -OCH3 is 1. The molecular formula is C11H21N3O. The fraction of sp³-hybridized carbons (Fsp3) is 0.727. The number of aryl methyl sites for hydroxylation is 2. The zero-order valence-electron chi connectivity index (χ0n) is 10.1. The van der Waals surface area contributed by atoms with E-state index < -0.39 is 0 Å². The number of hydrogen-bond acceptors (Lipinski definition) is 3. The van der Waals surface area contributed by atoms with Crippen LogP contribution in [0.4, 0.5) is 0 Å². The Bertz CT molecular complexity index is 290. The molecular weight excluding hydrogens is 190 g/mol. The van der Waals surface area contributed by atoms with Crippen molar-refractivity contribution in [3.63, 3.8) is 0 Å². The van der Waals surface area contributed by atoms with E-state index in [1.165, 1.54) is 5.69 Å². The zero-order valence-corrected chi connectivity index (χ0v) is 10.1. The first-order valence-corrected chi connectivity index (χ1v) is 5.48. The Hall–Kier alpha value is -0.870. The number of rotatable bonds is 6. The summed E-state index contributed by atoms with van der Waals surface area (Å²) in [7, 11) is 3.70. The molecule has 0 aromatic carbocycles. The van der Waals surface area contributed by atoms with E-state index in [0.717, 1.165) is 18.7 Å². The average molecular weight is 211 g/mol. The van der Waals surface area contributed by atoms with Crippen LogP contribution in [0.5, 0.6) is 0 Å². The van der Waals surface area contributed by atoms with E-state index in [2.05, 4.69) is 30.3 Å². The number of aromatic nitrogens is 2. The van der Waals surface area contributed by atoms with Crippen LogP contribution < -0.4 is 5.32 Å². The third-order valence-electron chi connectivity index (χ3n) is 2.47. The van der Waals surface area contributed by atoms with Gasteiger partial charge in [-0.05, 0) is 19.0 Å². The highest BCUT2D eigenvalue weighted by molar-refractivity contribution is 5.14. The lowest BCUT2D eigenvalue weighted by atomic mass is 10.2. The summed E-state index contributed by atoms with van der Waals surface area (Å²) >= 11 is 0. The quantitative estimate of drug-likeness (QED) is 0.770. The minimum atomic E-state index is 0.234. The molecule has 0 saturated carbocycles. The molecule has 1 N–H and O–H groups in total. The van der Waals surface area contributed by atoms with Gasteiger partial charge in [0.1, 0.15) is 0 Å². The third-order valence-corrected chi connectivity index (χ3v) is 2.47. The summed E-state index contributed by atoms with van der Waals surface area (Å²) in [5.41, 5.74) is 2.32. The molecule has 1 aromatic rings. The van der Waals surface area contributed by atoms with Crippen LogP contribution in [0, 0.1) is 0 Å². The molecule has 0 aliphatic rings. The molecule has 0 saturated heterocycles. The van der Waals surface area contributed by atoms with Crippen LogP contribution in [0.2, 0.25) is 0 Å². The maximum Gasteiger partial charge on any atom is 0.0729 e. The van der Waals surface area contributed by atoms with Gasteiger partial charge in [0, 0.05) is 14.2 Å². The van der Waals surface area contributed by atoms with Crippen molar-refractivity contribution in [2.75, 3.05) is 20.3 Å². The van der Waals surface area contributed by atoms with Gasteiger partial charge in [0.25, 0.3) is 0 Å². The van der Waals surface area contributed by atoms with Crippen LogP contribution in [0.15, 0.2) is 6.07 Å². The summed E-state index contributed by atoms with van der Waals surface area (Å²) in [6, 6.07) is 2.38. The molecule has 86 valence electrons. The fourth-order valence-corrected chi connectivity index (χ4v) is 1.70. The lowest BCUT2D eigenvalue weighted by molar-refractivity contribution is 0.164. The Kier molecular flexibility index (Phi) is 4.78. The number of likely N-dealkylation sites (N-methyl/N-ethyl adjacent to an activating group) is 1. The van der Waals surface area contributed by atoms with Gasteiger partial charge in [-0.3, -0.25) is 4.68 Å². The molecule has 1 unspecified atom stereocenters. The minimum Gasteiger partial charge on any atom is -0.383 e. The number of hydrogen-bond donors (Lipinski definition) is 1. The topological polar surface area (TPSA) is 39.1 Å². The lowest BCUT2D eigenvalue weighted by Gasteiger charge is -2.16. The van der Waals surface area contributed by atoms with Crippen molar-refractivity contribution in [2.24, 2.45) is 7.05 Å². The van der Waals surface area contributed by atoms with Gasteiger partial charge in [-0.25, -0.2) is 0 Å². The van der Waals surface area contributed by atoms with Gasteiger partial charge in [-0.15, -0.1) is 0 Å². The summed E-state index contributed by atoms with van der Waals surface area (Å²) in [6.45, 7) is 5.82. The Labute approximate surface area is 91.6 Å². The highest BCUT2D eigenvalue weighted by Crippen LogP contribution is 2.14. The second-order valence-corrected chi connectivity index (χ2v) is 3.60. The van der Waals surface area contributed by atoms with Crippen LogP contribution in [0.1, 0.15) is 31.3 Å². The SMILES string of the molecule is CCNC(COC)c1cc(CC)nn1C. The molecule has 0 bridgehead atoms. The molecule has 4 heteroatoms. The van der Waals surface area contributed by atoms with E-state index in [4.69, 9.17) is 4.74 Å². The van der Waals surface area contributed by atoms with E-state index in [1.807, 2.05) is 11.7 Å². The normalized spacial score (nSPS) is 13.1. The van der Waals surface area contributed by atoms with Gasteiger partial charge < -0.3 is 10.1 Å². The van der Waals surface area contributed by atoms with Gasteiger partial charge in [-0.1, -0.05) is 13.8 Å². The first kappa shape index (κ1) is 12.2. The van der Waals surface area contributed by atoms with Crippen molar-refractivity contribution >= 4 is 0 Å². The minimum absolute atomic E-state index is 0.234. The van der Waals surface area contributed by atoms with Gasteiger partial charge in [0.2, 0.25) is 0 Å². The Balaban J connectivity index is 2.83. The highest BCUT2D eigenvalue weighted by Gasteiger charge is 2.15. The van der Waals surface area contributed by atoms with Crippen molar-refractivity contribution in [3.05, 3.63) is 17.5 Å². The number of ether oxygens (including phenoxy) is 1. The molecule has 0 amide bonds. The number of nitrogens with zero attached hydrogens (tertiary/aromatic N) is 2. The molecule has 0 radical (unpaired) electrons. The molecule has 15 heavy (non-hydrogen) atoms. The molecule has 0 fully saturated rings. The van der Waals surface area contributed by atoms with E-state index in [0.29, 0.717) is 6.61 Å². The van der Waals surface area contributed by atoms with Crippen molar-refractivity contribution in [1.29, 1.82) is 0 Å². The molecule has 1 atom stereocenters. The first-order chi connectivity index (χ1) is 7.22. The van der Waals surface area contributed by atoms with Crippen molar-refractivity contribution in [1.82, 2.24) is 15.1 Å². The largest absolute Gasteiger partial charge is 0.383 e. The van der Waals surface area contributed by atoms with Crippen molar-refractivity contribution < 1.29 is 4.74 Å². The first-order valence-electron chi connectivity index (χ1n) is 5.48. The van der Waals surface area contributed by atoms with Crippen LogP contribution in [-0.4, -0.2) is 30.0 Å². The predicted molar refractivity (Wildman–Crippen MR) is 60.9 cm³/mol. The molecule has 0 aliphatic carbocycles. The standard InChI is InChI=1S/C11H21N3O/c1-5-9-7-11(14(3)13-9)10(8-15-4)12-6-2/h7,10,12H,5-6,8H2,1-4H3. The summed E-state index contributed by atoms with van der Waals surface area (Å²) in [6.07, 6.45) is 0.972. The summed E-state index contributed by atoms with van der Waals surface area (Å²) in [5, 5.41) is 7.83. The van der Waals surface area contributed by atoms with Crippen LogP contribution in [-0.2, 0) is 18.2 Å². The maximum absolute atomic E-state index is 5.21. The van der Waals surface area contributed by atoms with Gasteiger partial charge >= 0.3 is 0 Å².